The molecule has 0 heterocycles. The number of hydrogen-bond donors (Lipinski definition) is 2. The van der Waals surface area contributed by atoms with Crippen LogP contribution in [0.15, 0.2) is 88.7 Å². The Morgan fingerprint density at radius 1 is 0.545 bits per heavy atom. The average molecular weight is 635 g/mol. The maximum atomic E-state index is 11.9. The molecular formula is C36H42O6S2. The molecule has 1 aliphatic carbocycles. The molecule has 4 aromatic rings. The summed E-state index contributed by atoms with van der Waals surface area (Å²) in [6, 6.07) is 20.9. The molecule has 0 radical (unpaired) electrons. The van der Waals surface area contributed by atoms with E-state index in [1.807, 2.05) is 36.4 Å². The molecule has 0 saturated heterocycles. The highest BCUT2D eigenvalue weighted by molar-refractivity contribution is 7.86. The summed E-state index contributed by atoms with van der Waals surface area (Å²) in [7, 11) is -8.71. The molecule has 234 valence electrons. The molecule has 44 heavy (non-hydrogen) atoms. The van der Waals surface area contributed by atoms with E-state index in [-0.39, 0.29) is 9.79 Å². The van der Waals surface area contributed by atoms with Gasteiger partial charge in [-0.25, -0.2) is 0 Å². The Bertz CT molecular complexity index is 1730. The van der Waals surface area contributed by atoms with Crippen molar-refractivity contribution in [2.75, 3.05) is 0 Å². The minimum Gasteiger partial charge on any atom is -0.282 e. The molecular weight excluding hydrogens is 593 g/mol. The van der Waals surface area contributed by atoms with Crippen LogP contribution in [0.5, 0.6) is 0 Å². The van der Waals surface area contributed by atoms with Crippen LogP contribution in [0.4, 0.5) is 0 Å². The molecule has 0 aromatic heterocycles. The Balaban J connectivity index is 1.65. The lowest BCUT2D eigenvalue weighted by Gasteiger charge is -2.20. The highest BCUT2D eigenvalue weighted by Crippen LogP contribution is 2.37. The zero-order chi connectivity index (χ0) is 31.2. The smallest absolute Gasteiger partial charge is 0.282 e. The van der Waals surface area contributed by atoms with Gasteiger partial charge in [0.1, 0.15) is 0 Å². The van der Waals surface area contributed by atoms with Crippen molar-refractivity contribution in [1.82, 2.24) is 0 Å². The Morgan fingerprint density at radius 2 is 0.932 bits per heavy atom. The van der Waals surface area contributed by atoms with Gasteiger partial charge in [0, 0.05) is 0 Å². The van der Waals surface area contributed by atoms with Gasteiger partial charge in [-0.2, -0.15) is 16.8 Å². The molecule has 8 heteroatoms. The van der Waals surface area contributed by atoms with Crippen molar-refractivity contribution in [2.45, 2.75) is 93.3 Å². The summed E-state index contributed by atoms with van der Waals surface area (Å²) in [5, 5.41) is 3.11. The number of benzene rings is 4. The lowest BCUT2D eigenvalue weighted by Crippen LogP contribution is -2.02. The summed E-state index contributed by atoms with van der Waals surface area (Å²) in [6.07, 6.45) is 18.4. The molecule has 1 saturated carbocycles. The summed E-state index contributed by atoms with van der Waals surface area (Å²) in [5.41, 5.74) is 2.89. The van der Waals surface area contributed by atoms with Gasteiger partial charge in [0.25, 0.3) is 20.2 Å². The van der Waals surface area contributed by atoms with E-state index in [0.717, 1.165) is 53.2 Å². The van der Waals surface area contributed by atoms with E-state index in [0.29, 0.717) is 16.7 Å². The largest absolute Gasteiger partial charge is 0.294 e. The molecule has 0 bridgehead atoms. The first-order chi connectivity index (χ1) is 21.1. The van der Waals surface area contributed by atoms with E-state index in [2.05, 4.69) is 6.08 Å². The molecule has 4 aromatic carbocycles. The van der Waals surface area contributed by atoms with Crippen molar-refractivity contribution in [3.8, 4) is 0 Å². The van der Waals surface area contributed by atoms with E-state index >= 15 is 0 Å². The molecule has 6 nitrogen and oxygen atoms in total. The van der Waals surface area contributed by atoms with Crippen molar-refractivity contribution in [3.63, 3.8) is 0 Å². The van der Waals surface area contributed by atoms with Crippen LogP contribution in [-0.2, 0) is 20.2 Å². The van der Waals surface area contributed by atoms with Crippen LogP contribution >= 0.6 is 0 Å². The van der Waals surface area contributed by atoms with Crippen LogP contribution < -0.4 is 0 Å². The molecule has 2 N–H and O–H groups in total. The normalized spacial score (nSPS) is 16.9. The maximum absolute atomic E-state index is 11.9. The lowest BCUT2D eigenvalue weighted by molar-refractivity contribution is 0.454. The van der Waals surface area contributed by atoms with Gasteiger partial charge in [0.05, 0.1) is 9.79 Å². The molecule has 0 aliphatic heterocycles. The third-order valence-electron chi connectivity index (χ3n) is 8.93. The van der Waals surface area contributed by atoms with Crippen LogP contribution in [0, 0.1) is 5.92 Å². The van der Waals surface area contributed by atoms with E-state index in [9.17, 15) is 25.9 Å². The Hall–Kier alpha value is -3.04. The molecule has 1 fully saturated rings. The first-order valence-corrected chi connectivity index (χ1v) is 18.7. The van der Waals surface area contributed by atoms with Gasteiger partial charge < -0.3 is 0 Å². The van der Waals surface area contributed by atoms with Gasteiger partial charge in [0.15, 0.2) is 0 Å². The third-order valence-corrected chi connectivity index (χ3v) is 10.6. The first-order valence-electron chi connectivity index (χ1n) is 15.8. The molecule has 5 rings (SSSR count). The Morgan fingerprint density at radius 3 is 1.32 bits per heavy atom. The number of allylic oxidation sites excluding steroid dienone is 1. The summed E-state index contributed by atoms with van der Waals surface area (Å²) < 4.78 is 67.0. The van der Waals surface area contributed by atoms with Crippen LogP contribution in [0.2, 0.25) is 0 Å². The van der Waals surface area contributed by atoms with Crippen LogP contribution in [0.25, 0.3) is 27.1 Å². The van der Waals surface area contributed by atoms with Crippen molar-refractivity contribution in [2.24, 2.45) is 5.92 Å². The van der Waals surface area contributed by atoms with Crippen molar-refractivity contribution < 1.29 is 25.9 Å². The standard InChI is InChI=1S/C36H42O6S2/c37-43(38,39)30-20-22-32-28(25-30)16-12-18-34(32)36(24-27-14-10-8-6-4-2-1-3-5-7-9-11-15-27)35-19-13-17-29-26-31(44(40,41)42)21-23-33(29)35/h12-13,16-27H,1-11,14-15H2,(H,37,38,39)(H,40,41,42). The highest BCUT2D eigenvalue weighted by Gasteiger charge is 2.19. The first kappa shape index (κ1) is 32.4. The fraction of sp³-hybridized carbons (Fsp3) is 0.389. The predicted molar refractivity (Wildman–Crippen MR) is 178 cm³/mol. The minimum atomic E-state index is -4.36. The van der Waals surface area contributed by atoms with Gasteiger partial charge in [-0.3, -0.25) is 9.11 Å². The summed E-state index contributed by atoms with van der Waals surface area (Å²) >= 11 is 0. The summed E-state index contributed by atoms with van der Waals surface area (Å²) in [4.78, 5) is -0.303. The predicted octanol–water partition coefficient (Wildman–Crippen LogP) is 9.62. The van der Waals surface area contributed by atoms with E-state index in [4.69, 9.17) is 0 Å². The molecule has 0 unspecified atom stereocenters. The van der Waals surface area contributed by atoms with Crippen molar-refractivity contribution in [1.29, 1.82) is 0 Å². The van der Waals surface area contributed by atoms with E-state index in [1.54, 1.807) is 12.1 Å². The fourth-order valence-corrected chi connectivity index (χ4v) is 7.62. The fourth-order valence-electron chi connectivity index (χ4n) is 6.59. The second-order valence-electron chi connectivity index (χ2n) is 12.1. The second kappa shape index (κ2) is 14.4. The zero-order valence-corrected chi connectivity index (χ0v) is 26.8. The zero-order valence-electron chi connectivity index (χ0n) is 25.1. The van der Waals surface area contributed by atoms with Crippen molar-refractivity contribution in [3.05, 3.63) is 90.0 Å². The van der Waals surface area contributed by atoms with Crippen LogP contribution in [0.3, 0.4) is 0 Å². The minimum absolute atomic E-state index is 0.151. The van der Waals surface area contributed by atoms with Gasteiger partial charge in [-0.1, -0.05) is 125 Å². The average Bonchev–Trinajstić information content (AvgIpc) is 2.99. The molecule has 0 atom stereocenters. The van der Waals surface area contributed by atoms with Crippen LogP contribution in [-0.4, -0.2) is 25.9 Å². The highest BCUT2D eigenvalue weighted by atomic mass is 32.2. The number of hydrogen-bond acceptors (Lipinski definition) is 4. The third kappa shape index (κ3) is 8.16. The monoisotopic (exact) mass is 634 g/mol. The number of rotatable bonds is 5. The molecule has 0 spiro atoms. The van der Waals surface area contributed by atoms with E-state index < -0.39 is 20.2 Å². The second-order valence-corrected chi connectivity index (χ2v) is 15.0. The number of fused-ring (bicyclic) bond motifs is 2. The van der Waals surface area contributed by atoms with Gasteiger partial charge in [-0.05, 0) is 81.3 Å². The topological polar surface area (TPSA) is 109 Å². The van der Waals surface area contributed by atoms with Gasteiger partial charge in [0.2, 0.25) is 0 Å². The van der Waals surface area contributed by atoms with Crippen LogP contribution in [0.1, 0.15) is 94.6 Å². The summed E-state index contributed by atoms with van der Waals surface area (Å²) in [6.45, 7) is 0. The van der Waals surface area contributed by atoms with Gasteiger partial charge in [-0.15, -0.1) is 0 Å². The van der Waals surface area contributed by atoms with Crippen molar-refractivity contribution >= 4 is 47.4 Å². The van der Waals surface area contributed by atoms with E-state index in [1.165, 1.54) is 82.1 Å². The Kier molecular flexibility index (Phi) is 10.6. The van der Waals surface area contributed by atoms with Gasteiger partial charge >= 0.3 is 0 Å². The molecule has 1 aliphatic rings. The maximum Gasteiger partial charge on any atom is 0.294 e. The Labute approximate surface area is 261 Å². The molecule has 0 amide bonds. The lowest BCUT2D eigenvalue weighted by atomic mass is 9.85. The SMILES string of the molecule is O=S(=O)(O)c1ccc2c(C(=CC3CCCCCCCCCCCCC3)c3cccc4cc(S(=O)(=O)O)ccc34)cccc2c1. The quantitative estimate of drug-likeness (QED) is 0.212. The summed E-state index contributed by atoms with van der Waals surface area (Å²) in [5.74, 6) is 0.340.